The van der Waals surface area contributed by atoms with E-state index in [4.69, 9.17) is 4.74 Å². The summed E-state index contributed by atoms with van der Waals surface area (Å²) in [6.45, 7) is 5.86. The summed E-state index contributed by atoms with van der Waals surface area (Å²) < 4.78 is 6.52. The van der Waals surface area contributed by atoms with E-state index < -0.39 is 5.97 Å². The maximum atomic E-state index is 12.8. The van der Waals surface area contributed by atoms with E-state index in [0.29, 0.717) is 27.8 Å². The summed E-state index contributed by atoms with van der Waals surface area (Å²) in [5.41, 5.74) is 3.55. The lowest BCUT2D eigenvalue weighted by atomic mass is 10.1. The minimum Gasteiger partial charge on any atom is -0.464 e. The quantitative estimate of drug-likeness (QED) is 0.471. The monoisotopic (exact) mass is 424 g/mol. The predicted octanol–water partition coefficient (Wildman–Crippen LogP) is 3.81. The number of fused-ring (bicyclic) bond motifs is 1. The van der Waals surface area contributed by atoms with Crippen molar-refractivity contribution in [3.8, 4) is 11.3 Å². The number of H-pyrrole nitrogens is 1. The van der Waals surface area contributed by atoms with Crippen molar-refractivity contribution >= 4 is 39.4 Å². The Balaban J connectivity index is 1.55. The fourth-order valence-corrected chi connectivity index (χ4v) is 3.79. The number of amides is 1. The lowest BCUT2D eigenvalue weighted by Crippen LogP contribution is -2.14. The Morgan fingerprint density at radius 3 is 2.80 bits per heavy atom. The average molecular weight is 424 g/mol. The molecular formula is C20H20N6O3S. The number of hydrogen-bond donors (Lipinski definition) is 2. The first-order chi connectivity index (χ1) is 14.4. The topological polar surface area (TPSA) is 115 Å². The van der Waals surface area contributed by atoms with E-state index in [1.165, 1.54) is 18.4 Å². The number of aromatic amines is 1. The second-order valence-corrected chi connectivity index (χ2v) is 7.86. The van der Waals surface area contributed by atoms with Gasteiger partial charge in [0.1, 0.15) is 5.69 Å². The van der Waals surface area contributed by atoms with Gasteiger partial charge in [-0.1, -0.05) is 0 Å². The summed E-state index contributed by atoms with van der Waals surface area (Å²) >= 11 is 1.30. The van der Waals surface area contributed by atoms with Crippen LogP contribution < -0.4 is 5.32 Å². The SMILES string of the molecule is COC(=O)c1cc(-c2csc(NC(=O)c3cc4cnn(C(C)C)c4nc3C)n2)c[nH]1. The highest BCUT2D eigenvalue weighted by Gasteiger charge is 2.17. The molecule has 0 unspecified atom stereocenters. The van der Waals surface area contributed by atoms with Crippen LogP contribution in [0.5, 0.6) is 0 Å². The molecule has 2 N–H and O–H groups in total. The van der Waals surface area contributed by atoms with Crippen LogP contribution >= 0.6 is 11.3 Å². The highest BCUT2D eigenvalue weighted by Crippen LogP contribution is 2.27. The van der Waals surface area contributed by atoms with Gasteiger partial charge in [0, 0.05) is 28.6 Å². The number of ether oxygens (including phenoxy) is 1. The molecule has 0 aromatic carbocycles. The van der Waals surface area contributed by atoms with Crippen LogP contribution in [0.2, 0.25) is 0 Å². The van der Waals surface area contributed by atoms with Crippen molar-refractivity contribution < 1.29 is 14.3 Å². The lowest BCUT2D eigenvalue weighted by molar-refractivity contribution is 0.0594. The number of anilines is 1. The highest BCUT2D eigenvalue weighted by molar-refractivity contribution is 7.14. The average Bonchev–Trinajstić information content (AvgIpc) is 3.45. The van der Waals surface area contributed by atoms with Gasteiger partial charge in [0.25, 0.3) is 5.91 Å². The van der Waals surface area contributed by atoms with E-state index in [2.05, 4.69) is 25.4 Å². The van der Waals surface area contributed by atoms with Gasteiger partial charge in [-0.2, -0.15) is 5.10 Å². The highest BCUT2D eigenvalue weighted by atomic mass is 32.1. The molecule has 0 aliphatic rings. The Bertz CT molecular complexity index is 1250. The number of nitrogens with zero attached hydrogens (tertiary/aromatic N) is 4. The number of thiazole rings is 1. The van der Waals surface area contributed by atoms with Crippen LogP contribution in [-0.2, 0) is 4.74 Å². The second kappa shape index (κ2) is 7.71. The molecule has 1 amide bonds. The molecule has 0 atom stereocenters. The summed E-state index contributed by atoms with van der Waals surface area (Å²) in [6, 6.07) is 3.62. The molecule has 0 radical (unpaired) electrons. The van der Waals surface area contributed by atoms with E-state index in [9.17, 15) is 9.59 Å². The summed E-state index contributed by atoms with van der Waals surface area (Å²) in [5.74, 6) is -0.742. The van der Waals surface area contributed by atoms with E-state index in [-0.39, 0.29) is 11.9 Å². The van der Waals surface area contributed by atoms with Gasteiger partial charge in [-0.05, 0) is 32.9 Å². The number of esters is 1. The van der Waals surface area contributed by atoms with Crippen LogP contribution in [-0.4, -0.2) is 43.7 Å². The standard InChI is InChI=1S/C20H20N6O3S/c1-10(2)26-17-13(8-22-26)5-14(11(3)23-17)18(27)25-20-24-16(9-30-20)12-6-15(21-7-12)19(28)29-4/h5-10,21H,1-4H3,(H,24,25,27). The van der Waals surface area contributed by atoms with E-state index in [0.717, 1.165) is 16.6 Å². The zero-order chi connectivity index (χ0) is 21.4. The number of carbonyl (C=O) groups excluding carboxylic acids is 2. The van der Waals surface area contributed by atoms with E-state index in [1.54, 1.807) is 36.8 Å². The fourth-order valence-electron chi connectivity index (χ4n) is 3.07. The normalized spacial score (nSPS) is 11.2. The van der Waals surface area contributed by atoms with Crippen LogP contribution in [0.1, 0.15) is 46.4 Å². The zero-order valence-corrected chi connectivity index (χ0v) is 17.7. The summed E-state index contributed by atoms with van der Waals surface area (Å²) in [5, 5.41) is 10.2. The molecule has 0 bridgehead atoms. The minimum absolute atomic E-state index is 0.177. The first-order valence-corrected chi connectivity index (χ1v) is 10.1. The number of pyridine rings is 1. The molecule has 0 fully saturated rings. The molecule has 4 aromatic heterocycles. The summed E-state index contributed by atoms with van der Waals surface area (Å²) in [4.78, 5) is 36.3. The Morgan fingerprint density at radius 2 is 2.07 bits per heavy atom. The minimum atomic E-state index is -0.454. The molecule has 4 aromatic rings. The van der Waals surface area contributed by atoms with Crippen molar-refractivity contribution in [2.45, 2.75) is 26.8 Å². The number of hydrogen-bond acceptors (Lipinski definition) is 7. The number of aryl methyl sites for hydroxylation is 1. The molecule has 4 heterocycles. The van der Waals surface area contributed by atoms with Crippen molar-refractivity contribution in [1.82, 2.24) is 24.7 Å². The van der Waals surface area contributed by atoms with Gasteiger partial charge in [-0.15, -0.1) is 11.3 Å². The first kappa shape index (κ1) is 19.8. The Morgan fingerprint density at radius 1 is 1.27 bits per heavy atom. The largest absolute Gasteiger partial charge is 0.464 e. The number of rotatable bonds is 5. The number of nitrogens with one attached hydrogen (secondary N) is 2. The maximum absolute atomic E-state index is 12.8. The molecule has 0 spiro atoms. The molecule has 154 valence electrons. The van der Waals surface area contributed by atoms with Gasteiger partial charge >= 0.3 is 5.97 Å². The zero-order valence-electron chi connectivity index (χ0n) is 16.9. The molecule has 0 saturated heterocycles. The van der Waals surface area contributed by atoms with Crippen LogP contribution in [0.3, 0.4) is 0 Å². The van der Waals surface area contributed by atoms with Crippen molar-refractivity contribution in [2.75, 3.05) is 12.4 Å². The molecule has 30 heavy (non-hydrogen) atoms. The number of carbonyl (C=O) groups is 2. The van der Waals surface area contributed by atoms with Gasteiger partial charge in [-0.3, -0.25) is 10.1 Å². The van der Waals surface area contributed by atoms with Crippen molar-refractivity contribution in [1.29, 1.82) is 0 Å². The third-order valence-electron chi connectivity index (χ3n) is 4.60. The fraction of sp³-hybridized carbons (Fsp3) is 0.250. The van der Waals surface area contributed by atoms with E-state index in [1.807, 2.05) is 18.5 Å². The summed E-state index contributed by atoms with van der Waals surface area (Å²) in [7, 11) is 1.32. The molecular weight excluding hydrogens is 404 g/mol. The molecule has 10 heteroatoms. The van der Waals surface area contributed by atoms with Gasteiger partial charge in [0.15, 0.2) is 10.8 Å². The maximum Gasteiger partial charge on any atom is 0.354 e. The number of methoxy groups -OCH3 is 1. The number of aromatic nitrogens is 5. The molecule has 0 aliphatic heterocycles. The third kappa shape index (κ3) is 3.57. The van der Waals surface area contributed by atoms with Crippen LogP contribution in [0.4, 0.5) is 5.13 Å². The van der Waals surface area contributed by atoms with Gasteiger partial charge < -0.3 is 9.72 Å². The lowest BCUT2D eigenvalue weighted by Gasteiger charge is -2.09. The van der Waals surface area contributed by atoms with Gasteiger partial charge in [-0.25, -0.2) is 19.4 Å². The van der Waals surface area contributed by atoms with Crippen LogP contribution in [0.25, 0.3) is 22.3 Å². The first-order valence-electron chi connectivity index (χ1n) is 9.26. The Labute approximate surface area is 176 Å². The second-order valence-electron chi connectivity index (χ2n) is 7.00. The van der Waals surface area contributed by atoms with Gasteiger partial charge in [0.05, 0.1) is 30.3 Å². The Hall–Kier alpha value is -3.53. The van der Waals surface area contributed by atoms with E-state index >= 15 is 0 Å². The van der Waals surface area contributed by atoms with Crippen molar-refractivity contribution in [3.05, 3.63) is 46.9 Å². The van der Waals surface area contributed by atoms with Crippen molar-refractivity contribution in [3.63, 3.8) is 0 Å². The van der Waals surface area contributed by atoms with Gasteiger partial charge in [0.2, 0.25) is 0 Å². The predicted molar refractivity (Wildman–Crippen MR) is 114 cm³/mol. The molecule has 4 rings (SSSR count). The smallest absolute Gasteiger partial charge is 0.354 e. The Kier molecular flexibility index (Phi) is 5.08. The third-order valence-corrected chi connectivity index (χ3v) is 5.36. The molecule has 0 saturated carbocycles. The van der Waals surface area contributed by atoms with Crippen molar-refractivity contribution in [2.24, 2.45) is 0 Å². The molecule has 9 nitrogen and oxygen atoms in total. The summed E-state index contributed by atoms with van der Waals surface area (Å²) in [6.07, 6.45) is 3.38. The van der Waals surface area contributed by atoms with Crippen LogP contribution in [0, 0.1) is 6.92 Å². The van der Waals surface area contributed by atoms with Crippen LogP contribution in [0.15, 0.2) is 29.9 Å². The molecule has 0 aliphatic carbocycles.